The number of aromatic nitrogens is 3. The highest BCUT2D eigenvalue weighted by Gasteiger charge is 2.18. The average molecular weight is 364 g/mol. The number of hydrogen-bond acceptors (Lipinski definition) is 3. The topological polar surface area (TPSA) is 59.8 Å². The van der Waals surface area contributed by atoms with E-state index in [-0.39, 0.29) is 11.9 Å². The smallest absolute Gasteiger partial charge is 0.251 e. The Kier molecular flexibility index (Phi) is 6.58. The van der Waals surface area contributed by atoms with Gasteiger partial charge >= 0.3 is 0 Å². The van der Waals surface area contributed by atoms with Gasteiger partial charge in [-0.1, -0.05) is 44.7 Å². The lowest BCUT2D eigenvalue weighted by molar-refractivity contribution is 0.0937. The Morgan fingerprint density at radius 2 is 1.81 bits per heavy atom. The van der Waals surface area contributed by atoms with E-state index >= 15 is 0 Å². The van der Waals surface area contributed by atoms with E-state index < -0.39 is 0 Å². The number of aryl methyl sites for hydroxylation is 1. The first-order valence-corrected chi connectivity index (χ1v) is 9.86. The van der Waals surface area contributed by atoms with Crippen LogP contribution in [0.25, 0.3) is 11.0 Å². The van der Waals surface area contributed by atoms with Gasteiger partial charge in [-0.2, -0.15) is 0 Å². The zero-order valence-electron chi connectivity index (χ0n) is 16.2. The molecule has 0 radical (unpaired) electrons. The van der Waals surface area contributed by atoms with Crippen LogP contribution in [-0.2, 0) is 6.54 Å². The van der Waals surface area contributed by atoms with Gasteiger partial charge in [0, 0.05) is 24.5 Å². The molecule has 1 N–H and O–H groups in total. The fourth-order valence-corrected chi connectivity index (χ4v) is 3.38. The van der Waals surface area contributed by atoms with E-state index in [1.807, 2.05) is 25.1 Å². The predicted octanol–water partition coefficient (Wildman–Crippen LogP) is 4.89. The summed E-state index contributed by atoms with van der Waals surface area (Å²) in [5.74, 6) is 0.806. The van der Waals surface area contributed by atoms with Gasteiger partial charge in [0.2, 0.25) is 0 Å². The van der Waals surface area contributed by atoms with Crippen molar-refractivity contribution in [1.82, 2.24) is 19.9 Å². The van der Waals surface area contributed by atoms with Gasteiger partial charge in [0.25, 0.3) is 5.91 Å². The van der Waals surface area contributed by atoms with E-state index in [4.69, 9.17) is 4.98 Å². The molecule has 0 aliphatic heterocycles. The first-order valence-electron chi connectivity index (χ1n) is 9.86. The van der Waals surface area contributed by atoms with Gasteiger partial charge < -0.3 is 9.88 Å². The molecule has 0 fully saturated rings. The molecule has 1 aromatic carbocycles. The van der Waals surface area contributed by atoms with Gasteiger partial charge in [-0.3, -0.25) is 9.78 Å². The summed E-state index contributed by atoms with van der Waals surface area (Å²) in [4.78, 5) is 21.3. The number of unbranched alkanes of at least 4 members (excludes halogenated alkanes) is 4. The number of fused-ring (bicyclic) bond motifs is 1. The zero-order valence-corrected chi connectivity index (χ0v) is 16.2. The summed E-state index contributed by atoms with van der Waals surface area (Å²) in [6.45, 7) is 5.15. The van der Waals surface area contributed by atoms with Crippen molar-refractivity contribution in [2.24, 2.45) is 0 Å². The van der Waals surface area contributed by atoms with Crippen LogP contribution in [0.2, 0.25) is 0 Å². The summed E-state index contributed by atoms with van der Waals surface area (Å²) in [7, 11) is 0. The first-order chi connectivity index (χ1) is 13.2. The van der Waals surface area contributed by atoms with Crippen molar-refractivity contribution in [3.05, 3.63) is 60.2 Å². The molecule has 142 valence electrons. The van der Waals surface area contributed by atoms with Crippen LogP contribution in [0.3, 0.4) is 0 Å². The van der Waals surface area contributed by atoms with Crippen LogP contribution in [0.15, 0.2) is 48.8 Å². The molecule has 2 aromatic heterocycles. The number of nitrogens with one attached hydrogen (secondary N) is 1. The second-order valence-electron chi connectivity index (χ2n) is 6.96. The molecule has 0 aliphatic carbocycles. The fraction of sp³-hybridized carbons (Fsp3) is 0.409. The van der Waals surface area contributed by atoms with E-state index in [9.17, 15) is 4.79 Å². The van der Waals surface area contributed by atoms with Gasteiger partial charge in [0.15, 0.2) is 0 Å². The number of nitrogens with zero attached hydrogens (tertiary/aromatic N) is 3. The Morgan fingerprint density at radius 3 is 2.59 bits per heavy atom. The number of amides is 1. The highest BCUT2D eigenvalue weighted by molar-refractivity contribution is 5.94. The summed E-state index contributed by atoms with van der Waals surface area (Å²) in [5.41, 5.74) is 2.72. The number of carbonyl (C=O) groups is 1. The fourth-order valence-electron chi connectivity index (χ4n) is 3.38. The Morgan fingerprint density at radius 1 is 1.07 bits per heavy atom. The summed E-state index contributed by atoms with van der Waals surface area (Å²) in [6.07, 6.45) is 9.41. The third-order valence-electron chi connectivity index (χ3n) is 4.85. The molecule has 0 saturated carbocycles. The standard InChI is InChI=1S/C22H28N4O/c1-3-4-5-6-9-16-26-20-11-8-7-10-19(20)25-21(26)17(2)24-22(27)18-12-14-23-15-13-18/h7-8,10-15,17H,3-6,9,16H2,1-2H3,(H,24,27). The molecule has 1 amide bonds. The van der Waals surface area contributed by atoms with Crippen LogP contribution in [0.5, 0.6) is 0 Å². The summed E-state index contributed by atoms with van der Waals surface area (Å²) in [6, 6.07) is 11.5. The summed E-state index contributed by atoms with van der Waals surface area (Å²) < 4.78 is 2.26. The average Bonchev–Trinajstić information content (AvgIpc) is 3.07. The van der Waals surface area contributed by atoms with Gasteiger partial charge in [0.1, 0.15) is 5.82 Å². The zero-order chi connectivity index (χ0) is 19.1. The molecular weight excluding hydrogens is 336 g/mol. The Labute approximate surface area is 160 Å². The lowest BCUT2D eigenvalue weighted by Crippen LogP contribution is -2.28. The second-order valence-corrected chi connectivity index (χ2v) is 6.96. The number of hydrogen-bond donors (Lipinski definition) is 1. The minimum Gasteiger partial charge on any atom is -0.342 e. The minimum atomic E-state index is -0.172. The van der Waals surface area contributed by atoms with Crippen molar-refractivity contribution in [3.8, 4) is 0 Å². The molecule has 3 aromatic rings. The highest BCUT2D eigenvalue weighted by atomic mass is 16.1. The number of pyridine rings is 1. The number of rotatable bonds is 9. The third-order valence-corrected chi connectivity index (χ3v) is 4.85. The summed E-state index contributed by atoms with van der Waals surface area (Å²) >= 11 is 0. The molecule has 3 rings (SSSR count). The maximum atomic E-state index is 12.5. The number of benzene rings is 1. The predicted molar refractivity (Wildman–Crippen MR) is 109 cm³/mol. The third kappa shape index (κ3) is 4.73. The van der Waals surface area contributed by atoms with Crippen molar-refractivity contribution in [2.75, 3.05) is 0 Å². The van der Waals surface area contributed by atoms with Crippen LogP contribution < -0.4 is 5.32 Å². The monoisotopic (exact) mass is 364 g/mol. The Hall–Kier alpha value is -2.69. The molecule has 1 unspecified atom stereocenters. The van der Waals surface area contributed by atoms with Crippen LogP contribution in [0.1, 0.15) is 68.2 Å². The van der Waals surface area contributed by atoms with Gasteiger partial charge in [-0.05, 0) is 37.6 Å². The van der Waals surface area contributed by atoms with Gasteiger partial charge in [-0.25, -0.2) is 4.98 Å². The van der Waals surface area contributed by atoms with E-state index in [2.05, 4.69) is 27.9 Å². The van der Waals surface area contributed by atoms with Crippen molar-refractivity contribution in [1.29, 1.82) is 0 Å². The van der Waals surface area contributed by atoms with Crippen molar-refractivity contribution in [2.45, 2.75) is 58.5 Å². The molecule has 0 aliphatic rings. The number of para-hydroxylation sites is 2. The van der Waals surface area contributed by atoms with Gasteiger partial charge in [0.05, 0.1) is 17.1 Å². The molecule has 5 nitrogen and oxygen atoms in total. The molecule has 0 spiro atoms. The van der Waals surface area contributed by atoms with E-state index in [1.165, 1.54) is 25.7 Å². The Bertz CT molecular complexity index is 872. The first kappa shape index (κ1) is 19.1. The van der Waals surface area contributed by atoms with E-state index in [1.54, 1.807) is 24.5 Å². The van der Waals surface area contributed by atoms with E-state index in [0.717, 1.165) is 29.8 Å². The van der Waals surface area contributed by atoms with Crippen LogP contribution in [0.4, 0.5) is 0 Å². The maximum absolute atomic E-state index is 12.5. The van der Waals surface area contributed by atoms with Crippen LogP contribution >= 0.6 is 0 Å². The van der Waals surface area contributed by atoms with Crippen LogP contribution in [0, 0.1) is 0 Å². The molecule has 5 heteroatoms. The SMILES string of the molecule is CCCCCCCn1c(C(C)NC(=O)c2ccncc2)nc2ccccc21. The normalized spacial score (nSPS) is 12.2. The van der Waals surface area contributed by atoms with E-state index in [0.29, 0.717) is 5.56 Å². The molecular formula is C22H28N4O. The molecule has 27 heavy (non-hydrogen) atoms. The van der Waals surface area contributed by atoms with Crippen molar-refractivity contribution in [3.63, 3.8) is 0 Å². The highest BCUT2D eigenvalue weighted by Crippen LogP contribution is 2.22. The molecule has 0 bridgehead atoms. The minimum absolute atomic E-state index is 0.105. The van der Waals surface area contributed by atoms with Gasteiger partial charge in [-0.15, -0.1) is 0 Å². The second kappa shape index (κ2) is 9.31. The summed E-state index contributed by atoms with van der Waals surface area (Å²) in [5, 5.41) is 3.07. The quantitative estimate of drug-likeness (QED) is 0.550. The molecule has 1 atom stereocenters. The largest absolute Gasteiger partial charge is 0.342 e. The number of imidazole rings is 1. The Balaban J connectivity index is 1.77. The van der Waals surface area contributed by atoms with Crippen molar-refractivity contribution >= 4 is 16.9 Å². The molecule has 2 heterocycles. The lowest BCUT2D eigenvalue weighted by atomic mass is 10.1. The van der Waals surface area contributed by atoms with Crippen molar-refractivity contribution < 1.29 is 4.79 Å². The molecule has 0 saturated heterocycles. The lowest BCUT2D eigenvalue weighted by Gasteiger charge is -2.16. The number of carbonyl (C=O) groups excluding carboxylic acids is 1. The maximum Gasteiger partial charge on any atom is 0.251 e. The van der Waals surface area contributed by atoms with Crippen LogP contribution in [-0.4, -0.2) is 20.4 Å².